The Morgan fingerprint density at radius 3 is 2.86 bits per heavy atom. The van der Waals surface area contributed by atoms with E-state index in [1.165, 1.54) is 24.5 Å². The highest BCUT2D eigenvalue weighted by molar-refractivity contribution is 7.89. The molecular weight excluding hydrogens is 298 g/mol. The zero-order valence-corrected chi connectivity index (χ0v) is 12.7. The molecule has 2 atom stereocenters. The Morgan fingerprint density at radius 1 is 1.57 bits per heavy atom. The van der Waals surface area contributed by atoms with Gasteiger partial charge in [-0.05, 0) is 0 Å². The minimum Gasteiger partial charge on any atom is -0.382 e. The van der Waals surface area contributed by atoms with Crippen molar-refractivity contribution in [3.8, 4) is 0 Å². The number of nitrogens with one attached hydrogen (secondary N) is 2. The number of aromatic amines is 1. The van der Waals surface area contributed by atoms with Crippen molar-refractivity contribution in [2.24, 2.45) is 5.92 Å². The zero-order valence-electron chi connectivity index (χ0n) is 11.9. The molecule has 1 saturated heterocycles. The molecule has 118 valence electrons. The van der Waals surface area contributed by atoms with E-state index >= 15 is 0 Å². The molecule has 0 saturated carbocycles. The van der Waals surface area contributed by atoms with Crippen molar-refractivity contribution in [2.45, 2.75) is 6.04 Å². The average molecular weight is 317 g/mol. The number of ether oxygens (including phenoxy) is 1. The number of nitrogens with two attached hydrogens (primary N) is 1. The molecule has 0 unspecified atom stereocenters. The highest BCUT2D eigenvalue weighted by Crippen LogP contribution is 2.17. The minimum absolute atomic E-state index is 0.0734. The van der Waals surface area contributed by atoms with E-state index in [4.69, 9.17) is 10.5 Å². The molecule has 10 heteroatoms. The Bertz CT molecular complexity index is 612. The van der Waals surface area contributed by atoms with Gasteiger partial charge in [0, 0.05) is 26.1 Å². The summed E-state index contributed by atoms with van der Waals surface area (Å²) in [6.07, 6.45) is 0. The molecule has 1 aliphatic heterocycles. The lowest BCUT2D eigenvalue weighted by Crippen LogP contribution is -2.43. The van der Waals surface area contributed by atoms with E-state index in [0.717, 1.165) is 0 Å². The van der Waals surface area contributed by atoms with E-state index in [9.17, 15) is 13.2 Å². The Balaban J connectivity index is 2.01. The Labute approximate surface area is 122 Å². The van der Waals surface area contributed by atoms with Crippen LogP contribution in [0.4, 0.5) is 5.82 Å². The number of amides is 1. The molecule has 0 radical (unpaired) electrons. The number of hydrogen-bond donors (Lipinski definition) is 3. The normalized spacial score (nSPS) is 22.6. The summed E-state index contributed by atoms with van der Waals surface area (Å²) in [5.41, 5.74) is 5.67. The predicted molar refractivity (Wildman–Crippen MR) is 76.0 cm³/mol. The molecular formula is C11H19N5O4S. The molecule has 4 N–H and O–H groups in total. The summed E-state index contributed by atoms with van der Waals surface area (Å²) >= 11 is 0. The second-order valence-electron chi connectivity index (χ2n) is 5.14. The molecule has 9 nitrogen and oxygen atoms in total. The third kappa shape index (κ3) is 3.71. The second-order valence-corrected chi connectivity index (χ2v) is 7.37. The molecule has 2 rings (SSSR count). The van der Waals surface area contributed by atoms with Crippen LogP contribution in [0.25, 0.3) is 0 Å². The monoisotopic (exact) mass is 317 g/mol. The van der Waals surface area contributed by atoms with Gasteiger partial charge in [-0.25, -0.2) is 12.7 Å². The number of sulfonamides is 1. The summed E-state index contributed by atoms with van der Waals surface area (Å²) in [5.74, 6) is -0.533. The van der Waals surface area contributed by atoms with E-state index in [-0.39, 0.29) is 41.7 Å². The van der Waals surface area contributed by atoms with Gasteiger partial charge in [-0.15, -0.1) is 0 Å². The maximum atomic E-state index is 12.0. The number of nitrogen functional groups attached to an aromatic ring is 1. The number of carbonyl (C=O) groups is 1. The SMILES string of the molecule is CN(C)S(=O)(=O)C[C@@H]1COC[C@H]1NC(=O)c1cc(N)n[nH]1. The lowest BCUT2D eigenvalue weighted by molar-refractivity contribution is 0.0921. The molecule has 2 heterocycles. The summed E-state index contributed by atoms with van der Waals surface area (Å²) in [7, 11) is -0.392. The Morgan fingerprint density at radius 2 is 2.29 bits per heavy atom. The molecule has 0 aliphatic carbocycles. The Hall–Kier alpha value is -1.65. The number of anilines is 1. The van der Waals surface area contributed by atoms with Crippen LogP contribution in [0.5, 0.6) is 0 Å². The maximum absolute atomic E-state index is 12.0. The van der Waals surface area contributed by atoms with E-state index < -0.39 is 10.0 Å². The fourth-order valence-corrected chi connectivity index (χ4v) is 3.21. The standard InChI is InChI=1S/C11H19N5O4S/c1-16(2)21(18,19)6-7-4-20-5-9(7)13-11(17)8-3-10(12)15-14-8/h3,7,9H,4-6H2,1-2H3,(H,13,17)(H3,12,14,15)/t7-,9+/m0/s1. The van der Waals surface area contributed by atoms with Gasteiger partial charge in [0.25, 0.3) is 5.91 Å². The third-order valence-corrected chi connectivity index (χ3v) is 5.30. The van der Waals surface area contributed by atoms with Crippen LogP contribution in [0.15, 0.2) is 6.07 Å². The van der Waals surface area contributed by atoms with Gasteiger partial charge in [0.2, 0.25) is 10.0 Å². The van der Waals surface area contributed by atoms with Crippen molar-refractivity contribution in [2.75, 3.05) is 38.8 Å². The van der Waals surface area contributed by atoms with Crippen LogP contribution in [-0.4, -0.2) is 67.9 Å². The van der Waals surface area contributed by atoms with Gasteiger partial charge in [-0.1, -0.05) is 0 Å². The van der Waals surface area contributed by atoms with Gasteiger partial charge in [0.05, 0.1) is 25.0 Å². The third-order valence-electron chi connectivity index (χ3n) is 3.34. The van der Waals surface area contributed by atoms with Crippen molar-refractivity contribution in [3.05, 3.63) is 11.8 Å². The van der Waals surface area contributed by atoms with Gasteiger partial charge in [-0.3, -0.25) is 9.89 Å². The molecule has 1 amide bonds. The minimum atomic E-state index is -3.35. The van der Waals surface area contributed by atoms with Crippen LogP contribution in [-0.2, 0) is 14.8 Å². The number of carbonyl (C=O) groups excluding carboxylic acids is 1. The highest BCUT2D eigenvalue weighted by Gasteiger charge is 2.34. The fraction of sp³-hybridized carbons (Fsp3) is 0.636. The van der Waals surface area contributed by atoms with Gasteiger partial charge >= 0.3 is 0 Å². The maximum Gasteiger partial charge on any atom is 0.269 e. The first-order valence-electron chi connectivity index (χ1n) is 6.39. The summed E-state index contributed by atoms with van der Waals surface area (Å²) in [5, 5.41) is 8.92. The van der Waals surface area contributed by atoms with Gasteiger partial charge in [0.1, 0.15) is 11.5 Å². The largest absolute Gasteiger partial charge is 0.382 e. The van der Waals surface area contributed by atoms with Gasteiger partial charge in [-0.2, -0.15) is 5.10 Å². The van der Waals surface area contributed by atoms with Crippen molar-refractivity contribution in [3.63, 3.8) is 0 Å². The first-order valence-corrected chi connectivity index (χ1v) is 8.00. The Kier molecular flexibility index (Phi) is 4.49. The first-order chi connectivity index (χ1) is 9.79. The first kappa shape index (κ1) is 15.7. The van der Waals surface area contributed by atoms with E-state index in [1.807, 2.05) is 0 Å². The number of nitrogens with zero attached hydrogens (tertiary/aromatic N) is 2. The lowest BCUT2D eigenvalue weighted by atomic mass is 10.1. The molecule has 21 heavy (non-hydrogen) atoms. The summed E-state index contributed by atoms with van der Waals surface area (Å²) in [6.45, 7) is 0.576. The van der Waals surface area contributed by atoms with Crippen molar-refractivity contribution in [1.82, 2.24) is 19.8 Å². The van der Waals surface area contributed by atoms with E-state index in [0.29, 0.717) is 6.61 Å². The molecule has 1 aliphatic rings. The van der Waals surface area contributed by atoms with Crippen LogP contribution >= 0.6 is 0 Å². The second kappa shape index (κ2) is 6.00. The topological polar surface area (TPSA) is 130 Å². The van der Waals surface area contributed by atoms with Crippen LogP contribution in [0.3, 0.4) is 0 Å². The zero-order chi connectivity index (χ0) is 15.6. The van der Waals surface area contributed by atoms with Crippen molar-refractivity contribution in [1.29, 1.82) is 0 Å². The van der Waals surface area contributed by atoms with Crippen LogP contribution in [0.1, 0.15) is 10.5 Å². The quantitative estimate of drug-likeness (QED) is 0.614. The molecule has 0 aromatic carbocycles. The van der Waals surface area contributed by atoms with Crippen molar-refractivity contribution >= 4 is 21.7 Å². The van der Waals surface area contributed by atoms with Gasteiger partial charge in [0.15, 0.2) is 0 Å². The lowest BCUT2D eigenvalue weighted by Gasteiger charge is -2.20. The summed E-state index contributed by atoms with van der Waals surface area (Å²) in [6, 6.07) is 1.05. The molecule has 0 bridgehead atoms. The number of hydrogen-bond acceptors (Lipinski definition) is 6. The average Bonchev–Trinajstić information content (AvgIpc) is 2.99. The number of rotatable bonds is 5. The predicted octanol–water partition coefficient (Wildman–Crippen LogP) is -1.37. The van der Waals surface area contributed by atoms with Crippen LogP contribution < -0.4 is 11.1 Å². The molecule has 1 aromatic rings. The molecule has 1 aromatic heterocycles. The molecule has 1 fully saturated rings. The highest BCUT2D eigenvalue weighted by atomic mass is 32.2. The van der Waals surface area contributed by atoms with E-state index in [1.54, 1.807) is 0 Å². The molecule has 0 spiro atoms. The summed E-state index contributed by atoms with van der Waals surface area (Å²) in [4.78, 5) is 12.0. The van der Waals surface area contributed by atoms with Crippen molar-refractivity contribution < 1.29 is 17.9 Å². The van der Waals surface area contributed by atoms with Crippen LogP contribution in [0.2, 0.25) is 0 Å². The summed E-state index contributed by atoms with van der Waals surface area (Å²) < 4.78 is 30.3. The smallest absolute Gasteiger partial charge is 0.269 e. The number of aromatic nitrogens is 2. The van der Waals surface area contributed by atoms with Gasteiger partial charge < -0.3 is 15.8 Å². The van der Waals surface area contributed by atoms with Crippen LogP contribution in [0, 0.1) is 5.92 Å². The number of H-pyrrole nitrogens is 1. The fourth-order valence-electron chi connectivity index (χ4n) is 2.04. The van der Waals surface area contributed by atoms with E-state index in [2.05, 4.69) is 15.5 Å².